The van der Waals surface area contributed by atoms with Crippen molar-refractivity contribution in [3.8, 4) is 0 Å². The number of carbonyl (C=O) groups excluding carboxylic acids is 1. The number of nitrogens with zero attached hydrogens (tertiary/aromatic N) is 5. The first-order chi connectivity index (χ1) is 11.7. The van der Waals surface area contributed by atoms with Gasteiger partial charge in [0.1, 0.15) is 17.1 Å². The molecule has 1 aliphatic rings. The van der Waals surface area contributed by atoms with E-state index in [0.717, 1.165) is 18.9 Å². The van der Waals surface area contributed by atoms with Gasteiger partial charge in [0.15, 0.2) is 5.65 Å². The molecule has 1 atom stereocenters. The molecule has 1 saturated heterocycles. The van der Waals surface area contributed by atoms with Crippen LogP contribution in [0.15, 0.2) is 30.9 Å². The van der Waals surface area contributed by atoms with Gasteiger partial charge in [-0.3, -0.25) is 9.89 Å². The summed E-state index contributed by atoms with van der Waals surface area (Å²) in [5.41, 5.74) is 1.56. The highest BCUT2D eigenvalue weighted by Crippen LogP contribution is 2.25. The van der Waals surface area contributed by atoms with Crippen molar-refractivity contribution in [3.63, 3.8) is 0 Å². The number of nitrogens with one attached hydrogen (secondary N) is 2. The molecule has 1 amide bonds. The van der Waals surface area contributed by atoms with Gasteiger partial charge in [-0.05, 0) is 13.0 Å². The molecular formula is C15H17N7O2. The van der Waals surface area contributed by atoms with E-state index in [9.17, 15) is 4.79 Å². The monoisotopic (exact) mass is 327 g/mol. The molecule has 3 aromatic heterocycles. The molecule has 1 unspecified atom stereocenters. The number of hydrogen-bond donors (Lipinski definition) is 2. The Labute approximate surface area is 137 Å². The number of aromatic amines is 1. The molecule has 9 nitrogen and oxygen atoms in total. The van der Waals surface area contributed by atoms with Crippen molar-refractivity contribution >= 4 is 23.1 Å². The average molecular weight is 327 g/mol. The second kappa shape index (κ2) is 5.93. The Morgan fingerprint density at radius 2 is 2.38 bits per heavy atom. The van der Waals surface area contributed by atoms with Crippen molar-refractivity contribution in [2.45, 2.75) is 13.0 Å². The van der Waals surface area contributed by atoms with Crippen LogP contribution in [0.25, 0.3) is 5.65 Å². The van der Waals surface area contributed by atoms with Crippen LogP contribution in [-0.4, -0.2) is 56.5 Å². The molecule has 0 aliphatic carbocycles. The van der Waals surface area contributed by atoms with E-state index in [4.69, 9.17) is 4.74 Å². The summed E-state index contributed by atoms with van der Waals surface area (Å²) in [5.74, 6) is 0.510. The zero-order valence-electron chi connectivity index (χ0n) is 13.1. The highest BCUT2D eigenvalue weighted by molar-refractivity contribution is 6.09. The third kappa shape index (κ3) is 2.58. The Bertz CT molecular complexity index is 871. The number of carbonyl (C=O) groups is 1. The molecule has 0 bridgehead atoms. The fourth-order valence-electron chi connectivity index (χ4n) is 2.81. The van der Waals surface area contributed by atoms with E-state index < -0.39 is 0 Å². The lowest BCUT2D eigenvalue weighted by molar-refractivity contribution is 0.0530. The summed E-state index contributed by atoms with van der Waals surface area (Å²) >= 11 is 0. The van der Waals surface area contributed by atoms with E-state index in [2.05, 4.69) is 30.5 Å². The van der Waals surface area contributed by atoms with E-state index in [-0.39, 0.29) is 12.0 Å². The highest BCUT2D eigenvalue weighted by atomic mass is 16.5. The largest absolute Gasteiger partial charge is 0.375 e. The average Bonchev–Trinajstić information content (AvgIpc) is 3.21. The number of fused-ring (bicyclic) bond motifs is 1. The Kier molecular flexibility index (Phi) is 3.62. The maximum atomic E-state index is 12.6. The molecular weight excluding hydrogens is 310 g/mol. The van der Waals surface area contributed by atoms with E-state index in [1.54, 1.807) is 29.2 Å². The topological polar surface area (TPSA) is 100 Å². The first-order valence-electron chi connectivity index (χ1n) is 7.72. The quantitative estimate of drug-likeness (QED) is 0.742. The van der Waals surface area contributed by atoms with Gasteiger partial charge in [0, 0.05) is 25.5 Å². The summed E-state index contributed by atoms with van der Waals surface area (Å²) in [7, 11) is 0. The highest BCUT2D eigenvalue weighted by Gasteiger charge is 2.22. The van der Waals surface area contributed by atoms with E-state index in [1.807, 2.05) is 6.92 Å². The van der Waals surface area contributed by atoms with Crippen LogP contribution in [-0.2, 0) is 4.74 Å². The molecule has 0 spiro atoms. The molecule has 9 heteroatoms. The first kappa shape index (κ1) is 14.6. The van der Waals surface area contributed by atoms with Crippen LogP contribution in [0, 0.1) is 0 Å². The van der Waals surface area contributed by atoms with Gasteiger partial charge < -0.3 is 15.0 Å². The number of H-pyrrole nitrogens is 1. The maximum absolute atomic E-state index is 12.6. The molecule has 1 fully saturated rings. The number of morpholine rings is 1. The number of hydrogen-bond acceptors (Lipinski definition) is 6. The summed E-state index contributed by atoms with van der Waals surface area (Å²) < 4.78 is 7.12. The lowest BCUT2D eigenvalue weighted by Gasteiger charge is -2.32. The van der Waals surface area contributed by atoms with E-state index in [1.165, 1.54) is 6.20 Å². The van der Waals surface area contributed by atoms with Crippen LogP contribution in [0.5, 0.6) is 0 Å². The number of aromatic nitrogens is 5. The van der Waals surface area contributed by atoms with Crippen LogP contribution in [0.4, 0.5) is 11.5 Å². The minimum Gasteiger partial charge on any atom is -0.375 e. The summed E-state index contributed by atoms with van der Waals surface area (Å²) in [6.45, 7) is 4.15. The molecule has 0 saturated carbocycles. The van der Waals surface area contributed by atoms with Gasteiger partial charge in [0.05, 0.1) is 25.1 Å². The number of ether oxygens (including phenoxy) is 1. The maximum Gasteiger partial charge on any atom is 0.261 e. The molecule has 1 aliphatic heterocycles. The zero-order chi connectivity index (χ0) is 16.5. The number of amides is 1. The summed E-state index contributed by atoms with van der Waals surface area (Å²) in [6.07, 6.45) is 6.62. The van der Waals surface area contributed by atoms with Crippen LogP contribution < -0.4 is 10.2 Å². The normalized spacial score (nSPS) is 18.0. The van der Waals surface area contributed by atoms with Crippen molar-refractivity contribution in [2.75, 3.05) is 29.9 Å². The van der Waals surface area contributed by atoms with Crippen LogP contribution >= 0.6 is 0 Å². The number of anilines is 2. The Balaban J connectivity index is 1.58. The van der Waals surface area contributed by atoms with Crippen LogP contribution in [0.3, 0.4) is 0 Å². The molecule has 0 aromatic carbocycles. The lowest BCUT2D eigenvalue weighted by Crippen LogP contribution is -2.41. The fourth-order valence-corrected chi connectivity index (χ4v) is 2.81. The van der Waals surface area contributed by atoms with Gasteiger partial charge in [0.25, 0.3) is 5.91 Å². The molecule has 4 rings (SSSR count). The number of rotatable bonds is 3. The van der Waals surface area contributed by atoms with Gasteiger partial charge in [0.2, 0.25) is 0 Å². The van der Waals surface area contributed by atoms with Gasteiger partial charge in [-0.2, -0.15) is 10.2 Å². The molecule has 0 radical (unpaired) electrons. The summed E-state index contributed by atoms with van der Waals surface area (Å²) in [5, 5.41) is 14.0. The molecule has 4 heterocycles. The van der Waals surface area contributed by atoms with Crippen molar-refractivity contribution in [1.82, 2.24) is 24.8 Å². The SMILES string of the molecule is CC1CN(c2[nH]ncc2NC(=O)c2cnn3cccnc23)CCO1. The Hall–Kier alpha value is -2.94. The lowest BCUT2D eigenvalue weighted by atomic mass is 10.2. The van der Waals surface area contributed by atoms with Gasteiger partial charge in [-0.1, -0.05) is 0 Å². The van der Waals surface area contributed by atoms with Crippen molar-refractivity contribution in [2.24, 2.45) is 0 Å². The van der Waals surface area contributed by atoms with Crippen molar-refractivity contribution in [1.29, 1.82) is 0 Å². The predicted octanol–water partition coefficient (Wildman–Crippen LogP) is 0.930. The van der Waals surface area contributed by atoms with Gasteiger partial charge in [-0.15, -0.1) is 0 Å². The molecule has 124 valence electrons. The van der Waals surface area contributed by atoms with Gasteiger partial charge in [-0.25, -0.2) is 9.50 Å². The van der Waals surface area contributed by atoms with Crippen LogP contribution in [0.2, 0.25) is 0 Å². The predicted molar refractivity (Wildman–Crippen MR) is 87.2 cm³/mol. The molecule has 3 aromatic rings. The summed E-state index contributed by atoms with van der Waals surface area (Å²) in [6, 6.07) is 1.76. The van der Waals surface area contributed by atoms with Gasteiger partial charge >= 0.3 is 0 Å². The Morgan fingerprint density at radius 3 is 3.25 bits per heavy atom. The van der Waals surface area contributed by atoms with Crippen LogP contribution in [0.1, 0.15) is 17.3 Å². The summed E-state index contributed by atoms with van der Waals surface area (Å²) in [4.78, 5) is 18.9. The minimum atomic E-state index is -0.271. The smallest absolute Gasteiger partial charge is 0.261 e. The second-order valence-corrected chi connectivity index (χ2v) is 5.66. The molecule has 2 N–H and O–H groups in total. The first-order valence-corrected chi connectivity index (χ1v) is 7.72. The second-order valence-electron chi connectivity index (χ2n) is 5.66. The third-order valence-corrected chi connectivity index (χ3v) is 3.95. The zero-order valence-corrected chi connectivity index (χ0v) is 13.1. The van der Waals surface area contributed by atoms with Crippen molar-refractivity contribution < 1.29 is 9.53 Å². The molecule has 24 heavy (non-hydrogen) atoms. The third-order valence-electron chi connectivity index (χ3n) is 3.95. The fraction of sp³-hybridized carbons (Fsp3) is 0.333. The standard InChI is InChI=1S/C15H17N7O2/c1-10-9-21(5-6-24-10)14-12(8-17-20-14)19-15(23)11-7-18-22-4-2-3-16-13(11)22/h2-4,7-8,10H,5-6,9H2,1H3,(H,17,20)(H,19,23). The minimum absolute atomic E-state index is 0.134. The van der Waals surface area contributed by atoms with Crippen molar-refractivity contribution in [3.05, 3.63) is 36.4 Å². The van der Waals surface area contributed by atoms with E-state index >= 15 is 0 Å². The van der Waals surface area contributed by atoms with E-state index in [0.29, 0.717) is 23.5 Å². The Morgan fingerprint density at radius 1 is 1.46 bits per heavy atom.